The Morgan fingerprint density at radius 3 is 2.12 bits per heavy atom. The van der Waals surface area contributed by atoms with E-state index >= 15 is 0 Å². The van der Waals surface area contributed by atoms with Crippen molar-refractivity contribution in [3.05, 3.63) is 71.3 Å². The first-order valence-corrected chi connectivity index (χ1v) is 10.9. The van der Waals surface area contributed by atoms with Gasteiger partial charge in [0.15, 0.2) is 0 Å². The average Bonchev–Trinajstić information content (AvgIpc) is 3.12. The number of rotatable bonds is 8. The van der Waals surface area contributed by atoms with Gasteiger partial charge in [-0.3, -0.25) is 4.79 Å². The average molecular weight is 451 g/mol. The van der Waals surface area contributed by atoms with E-state index in [1.165, 1.54) is 14.0 Å². The van der Waals surface area contributed by atoms with Gasteiger partial charge in [-0.25, -0.2) is 9.59 Å². The predicted octanol–water partition coefficient (Wildman–Crippen LogP) is 4.18. The van der Waals surface area contributed by atoms with Gasteiger partial charge in [-0.2, -0.15) is 0 Å². The van der Waals surface area contributed by atoms with E-state index in [9.17, 15) is 19.5 Å². The molecule has 7 heteroatoms. The Labute approximate surface area is 194 Å². The number of likely N-dealkylation sites (N-methyl/N-ethyl adjacent to an activating group) is 1. The number of aliphatic carboxylic acids is 1. The van der Waals surface area contributed by atoms with Crippen LogP contribution in [0, 0.1) is 0 Å². The third kappa shape index (κ3) is 5.42. The molecule has 174 valence electrons. The van der Waals surface area contributed by atoms with Crippen LogP contribution in [-0.4, -0.2) is 53.7 Å². The molecule has 0 saturated carbocycles. The van der Waals surface area contributed by atoms with Crippen molar-refractivity contribution >= 4 is 18.0 Å². The van der Waals surface area contributed by atoms with Crippen LogP contribution in [-0.2, 0) is 14.3 Å². The van der Waals surface area contributed by atoms with Crippen molar-refractivity contribution in [1.82, 2.24) is 10.2 Å². The number of carbonyl (C=O) groups excluding carboxylic acids is 2. The van der Waals surface area contributed by atoms with Crippen LogP contribution >= 0.6 is 0 Å². The number of nitrogens with zero attached hydrogens (tertiary/aromatic N) is 1. The minimum atomic E-state index is -1.12. The fraction of sp³-hybridized carbons (Fsp3) is 0.346. The normalized spacial score (nSPS) is 13.8. The molecule has 7 nitrogen and oxygen atoms in total. The van der Waals surface area contributed by atoms with Crippen molar-refractivity contribution in [2.24, 2.45) is 0 Å². The summed E-state index contributed by atoms with van der Waals surface area (Å²) >= 11 is 0. The summed E-state index contributed by atoms with van der Waals surface area (Å²) in [7, 11) is 1.41. The monoisotopic (exact) mass is 450 g/mol. The number of alkyl carbamates (subject to hydrolysis) is 1. The van der Waals surface area contributed by atoms with Crippen LogP contribution in [0.25, 0.3) is 11.1 Å². The molecule has 2 atom stereocenters. The quantitative estimate of drug-likeness (QED) is 0.588. The molecular weight excluding hydrogens is 420 g/mol. The van der Waals surface area contributed by atoms with E-state index in [4.69, 9.17) is 4.74 Å². The first-order chi connectivity index (χ1) is 15.7. The molecule has 0 bridgehead atoms. The second-order valence-corrected chi connectivity index (χ2v) is 8.50. The SMILES string of the molecule is CC(C)=CCC(NC(=O)OCC1c2ccccc2-c2ccccc21)C(=O)N(C)[C@@H](C)C(=O)O. The minimum absolute atomic E-state index is 0.0928. The van der Waals surface area contributed by atoms with Gasteiger partial charge in [-0.05, 0) is 49.4 Å². The number of carbonyl (C=O) groups is 3. The summed E-state index contributed by atoms with van der Waals surface area (Å²) in [6.07, 6.45) is 1.35. The van der Waals surface area contributed by atoms with Gasteiger partial charge in [-0.15, -0.1) is 0 Å². The molecule has 0 aromatic heterocycles. The number of amides is 2. The molecule has 2 N–H and O–H groups in total. The second kappa shape index (κ2) is 10.3. The highest BCUT2D eigenvalue weighted by Gasteiger charge is 2.31. The number of fused-ring (bicyclic) bond motifs is 3. The molecule has 0 heterocycles. The maximum Gasteiger partial charge on any atom is 0.407 e. The van der Waals surface area contributed by atoms with E-state index in [-0.39, 0.29) is 18.9 Å². The van der Waals surface area contributed by atoms with Crippen LogP contribution in [0.2, 0.25) is 0 Å². The summed E-state index contributed by atoms with van der Waals surface area (Å²) in [6.45, 7) is 5.33. The van der Waals surface area contributed by atoms with Crippen molar-refractivity contribution in [2.45, 2.75) is 45.2 Å². The highest BCUT2D eigenvalue weighted by Crippen LogP contribution is 2.44. The van der Waals surface area contributed by atoms with E-state index in [1.807, 2.05) is 56.3 Å². The lowest BCUT2D eigenvalue weighted by Gasteiger charge is -2.27. The molecule has 0 spiro atoms. The number of hydrogen-bond acceptors (Lipinski definition) is 4. The number of carboxylic acid groups (broad SMARTS) is 1. The van der Waals surface area contributed by atoms with E-state index < -0.39 is 30.1 Å². The molecule has 33 heavy (non-hydrogen) atoms. The molecule has 1 unspecified atom stereocenters. The largest absolute Gasteiger partial charge is 0.480 e. The third-order valence-electron chi connectivity index (χ3n) is 5.98. The summed E-state index contributed by atoms with van der Waals surface area (Å²) in [5, 5.41) is 11.9. The fourth-order valence-electron chi connectivity index (χ4n) is 3.96. The Morgan fingerprint density at radius 2 is 1.61 bits per heavy atom. The number of benzene rings is 2. The Morgan fingerprint density at radius 1 is 1.06 bits per heavy atom. The zero-order chi connectivity index (χ0) is 24.1. The molecule has 0 saturated heterocycles. The molecule has 0 aliphatic heterocycles. The fourth-order valence-corrected chi connectivity index (χ4v) is 3.96. The van der Waals surface area contributed by atoms with Crippen LogP contribution < -0.4 is 5.32 Å². The third-order valence-corrected chi connectivity index (χ3v) is 5.98. The Hall–Kier alpha value is -3.61. The van der Waals surface area contributed by atoms with E-state index in [1.54, 1.807) is 0 Å². The molecule has 2 amide bonds. The standard InChI is InChI=1S/C26H30N2O5/c1-16(2)13-14-23(24(29)28(4)17(3)25(30)31)27-26(32)33-15-22-20-11-7-5-9-18(20)19-10-6-8-12-21(19)22/h5-13,17,22-23H,14-15H2,1-4H3,(H,27,32)(H,30,31)/t17-,23?/m0/s1. The first-order valence-electron chi connectivity index (χ1n) is 10.9. The number of allylic oxidation sites excluding steroid dienone is 1. The topological polar surface area (TPSA) is 95.9 Å². The van der Waals surface area contributed by atoms with Crippen molar-refractivity contribution in [1.29, 1.82) is 0 Å². The molecule has 0 radical (unpaired) electrons. The van der Waals surface area contributed by atoms with Crippen molar-refractivity contribution in [3.63, 3.8) is 0 Å². The number of carboxylic acids is 1. The highest BCUT2D eigenvalue weighted by molar-refractivity contribution is 5.89. The Bertz CT molecular complexity index is 1030. The van der Waals surface area contributed by atoms with Gasteiger partial charge in [0.1, 0.15) is 18.7 Å². The summed E-state index contributed by atoms with van der Waals surface area (Å²) < 4.78 is 5.56. The van der Waals surface area contributed by atoms with Crippen molar-refractivity contribution < 1.29 is 24.2 Å². The van der Waals surface area contributed by atoms with Crippen molar-refractivity contribution in [2.75, 3.05) is 13.7 Å². The lowest BCUT2D eigenvalue weighted by Crippen LogP contribution is -2.51. The predicted molar refractivity (Wildman–Crippen MR) is 126 cm³/mol. The Balaban J connectivity index is 1.71. The van der Waals surface area contributed by atoms with Crippen LogP contribution in [0.15, 0.2) is 60.2 Å². The maximum absolute atomic E-state index is 12.9. The Kier molecular flexibility index (Phi) is 7.53. The van der Waals surface area contributed by atoms with Crippen LogP contribution in [0.3, 0.4) is 0 Å². The molecule has 0 fully saturated rings. The summed E-state index contributed by atoms with van der Waals surface area (Å²) in [6, 6.07) is 14.1. The smallest absolute Gasteiger partial charge is 0.407 e. The number of ether oxygens (including phenoxy) is 1. The van der Waals surface area contributed by atoms with Gasteiger partial charge in [0.05, 0.1) is 0 Å². The first kappa shape index (κ1) is 24.0. The van der Waals surface area contributed by atoms with Gasteiger partial charge >= 0.3 is 12.1 Å². The van der Waals surface area contributed by atoms with Gasteiger partial charge < -0.3 is 20.1 Å². The lowest BCUT2D eigenvalue weighted by atomic mass is 9.98. The highest BCUT2D eigenvalue weighted by atomic mass is 16.5. The van der Waals surface area contributed by atoms with E-state index in [0.717, 1.165) is 32.7 Å². The number of nitrogens with one attached hydrogen (secondary N) is 1. The van der Waals surface area contributed by atoms with Gasteiger partial charge in [0.2, 0.25) is 5.91 Å². The zero-order valence-electron chi connectivity index (χ0n) is 19.4. The van der Waals surface area contributed by atoms with Crippen LogP contribution in [0.1, 0.15) is 44.2 Å². The minimum Gasteiger partial charge on any atom is -0.480 e. The second-order valence-electron chi connectivity index (χ2n) is 8.50. The van der Waals surface area contributed by atoms with Gasteiger partial charge in [0.25, 0.3) is 0 Å². The maximum atomic E-state index is 12.9. The van der Waals surface area contributed by atoms with Gasteiger partial charge in [0, 0.05) is 13.0 Å². The van der Waals surface area contributed by atoms with E-state index in [2.05, 4.69) is 17.4 Å². The lowest BCUT2D eigenvalue weighted by molar-refractivity contribution is -0.148. The summed E-state index contributed by atoms with van der Waals surface area (Å²) in [5.41, 5.74) is 5.43. The van der Waals surface area contributed by atoms with Crippen LogP contribution in [0.4, 0.5) is 4.79 Å². The van der Waals surface area contributed by atoms with Crippen LogP contribution in [0.5, 0.6) is 0 Å². The molecule has 2 aromatic rings. The summed E-state index contributed by atoms with van der Waals surface area (Å²) in [5.74, 6) is -1.70. The summed E-state index contributed by atoms with van der Waals surface area (Å²) in [4.78, 5) is 38.0. The molecule has 3 rings (SSSR count). The van der Waals surface area contributed by atoms with Crippen molar-refractivity contribution in [3.8, 4) is 11.1 Å². The number of hydrogen-bond donors (Lipinski definition) is 2. The van der Waals surface area contributed by atoms with Gasteiger partial charge in [-0.1, -0.05) is 60.2 Å². The molecule has 2 aromatic carbocycles. The molecular formula is C26H30N2O5. The molecule has 1 aliphatic rings. The molecule has 1 aliphatic carbocycles. The zero-order valence-corrected chi connectivity index (χ0v) is 19.4. The van der Waals surface area contributed by atoms with E-state index in [0.29, 0.717) is 0 Å².